The molecule has 0 radical (unpaired) electrons. The maximum Gasteiger partial charge on any atom is 0.251 e. The van der Waals surface area contributed by atoms with Crippen molar-refractivity contribution in [2.24, 2.45) is 0 Å². The Hall–Kier alpha value is -1.62. The first-order valence-electron chi connectivity index (χ1n) is 6.64. The molecule has 5 heteroatoms. The van der Waals surface area contributed by atoms with Gasteiger partial charge in [-0.3, -0.25) is 4.79 Å². The van der Waals surface area contributed by atoms with E-state index in [1.165, 1.54) is 0 Å². The number of nitrogens with one attached hydrogen (secondary N) is 1. The van der Waals surface area contributed by atoms with Crippen molar-refractivity contribution in [3.05, 3.63) is 54.1 Å². The molecule has 1 heterocycles. The number of hydrogen-bond acceptors (Lipinski definition) is 2. The number of imidazole rings is 1. The van der Waals surface area contributed by atoms with Gasteiger partial charge in [0, 0.05) is 35.9 Å². The lowest BCUT2D eigenvalue weighted by Crippen LogP contribution is -2.37. The fourth-order valence-electron chi connectivity index (χ4n) is 1.99. The lowest BCUT2D eigenvalue weighted by Gasteiger charge is -2.17. The second kappa shape index (κ2) is 7.24. The van der Waals surface area contributed by atoms with Crippen molar-refractivity contribution in [1.82, 2.24) is 14.9 Å². The van der Waals surface area contributed by atoms with Gasteiger partial charge in [0.05, 0.1) is 6.33 Å². The third kappa shape index (κ3) is 3.93. The molecule has 1 amide bonds. The van der Waals surface area contributed by atoms with Crippen LogP contribution in [-0.2, 0) is 11.9 Å². The molecule has 0 aliphatic carbocycles. The van der Waals surface area contributed by atoms with Crippen molar-refractivity contribution in [3.8, 4) is 0 Å². The summed E-state index contributed by atoms with van der Waals surface area (Å²) >= 11 is 3.40. The number of rotatable bonds is 6. The van der Waals surface area contributed by atoms with Gasteiger partial charge in [-0.1, -0.05) is 35.0 Å². The van der Waals surface area contributed by atoms with Crippen molar-refractivity contribution in [1.29, 1.82) is 0 Å². The van der Waals surface area contributed by atoms with E-state index >= 15 is 0 Å². The Bertz CT molecular complexity index is 554. The number of benzene rings is 1. The predicted octanol–water partition coefficient (Wildman–Crippen LogP) is 2.99. The minimum Gasteiger partial charge on any atom is -0.348 e. The van der Waals surface area contributed by atoms with Crippen LogP contribution in [-0.4, -0.2) is 21.5 Å². The fourth-order valence-corrected chi connectivity index (χ4v) is 2.34. The summed E-state index contributed by atoms with van der Waals surface area (Å²) in [6, 6.07) is 7.75. The third-order valence-electron chi connectivity index (χ3n) is 3.16. The number of amides is 1. The smallest absolute Gasteiger partial charge is 0.251 e. The molecule has 0 fully saturated rings. The minimum absolute atomic E-state index is 0.0280. The third-order valence-corrected chi connectivity index (χ3v) is 3.81. The second-order valence-corrected chi connectivity index (χ2v) is 5.23. The first-order valence-corrected chi connectivity index (χ1v) is 7.76. The van der Waals surface area contributed by atoms with Gasteiger partial charge in [0.2, 0.25) is 0 Å². The van der Waals surface area contributed by atoms with Crippen LogP contribution in [0.15, 0.2) is 43.0 Å². The monoisotopic (exact) mass is 335 g/mol. The minimum atomic E-state index is -0.0280. The summed E-state index contributed by atoms with van der Waals surface area (Å²) in [6.45, 7) is 2.80. The van der Waals surface area contributed by atoms with Crippen molar-refractivity contribution >= 4 is 21.8 Å². The zero-order valence-electron chi connectivity index (χ0n) is 11.4. The zero-order chi connectivity index (χ0) is 14.4. The fraction of sp³-hybridized carbons (Fsp3) is 0.333. The molecule has 1 atom stereocenters. The van der Waals surface area contributed by atoms with Gasteiger partial charge in [0.25, 0.3) is 5.91 Å². The van der Waals surface area contributed by atoms with E-state index in [0.717, 1.165) is 23.9 Å². The van der Waals surface area contributed by atoms with Crippen molar-refractivity contribution < 1.29 is 4.79 Å². The molecular formula is C15H18BrN3O. The lowest BCUT2D eigenvalue weighted by molar-refractivity contribution is 0.0932. The zero-order valence-corrected chi connectivity index (χ0v) is 13.0. The summed E-state index contributed by atoms with van der Waals surface area (Å²) in [4.78, 5) is 16.3. The average Bonchev–Trinajstić information content (AvgIpc) is 2.99. The van der Waals surface area contributed by atoms with Crippen LogP contribution in [0.2, 0.25) is 0 Å². The normalized spacial score (nSPS) is 12.1. The van der Waals surface area contributed by atoms with Crippen LogP contribution < -0.4 is 5.32 Å². The number of carbonyl (C=O) groups excluding carboxylic acids is 1. The molecule has 2 aromatic rings. The Labute approximate surface area is 127 Å². The molecule has 1 aromatic heterocycles. The number of alkyl halides is 1. The van der Waals surface area contributed by atoms with E-state index in [1.807, 2.05) is 35.0 Å². The summed E-state index contributed by atoms with van der Waals surface area (Å²) in [5.74, 6) is -0.0280. The van der Waals surface area contributed by atoms with Crippen molar-refractivity contribution in [2.45, 2.75) is 31.3 Å². The van der Waals surface area contributed by atoms with E-state index < -0.39 is 0 Å². The molecule has 1 aromatic carbocycles. The highest BCUT2D eigenvalue weighted by Crippen LogP contribution is 2.09. The van der Waals surface area contributed by atoms with E-state index in [0.29, 0.717) is 5.56 Å². The molecule has 0 saturated carbocycles. The van der Waals surface area contributed by atoms with Gasteiger partial charge in [-0.15, -0.1) is 0 Å². The molecule has 0 aliphatic rings. The Balaban J connectivity index is 2.01. The largest absolute Gasteiger partial charge is 0.348 e. The van der Waals surface area contributed by atoms with Crippen LogP contribution in [0.1, 0.15) is 29.3 Å². The quantitative estimate of drug-likeness (QED) is 0.825. The van der Waals surface area contributed by atoms with Gasteiger partial charge >= 0.3 is 0 Å². The average molecular weight is 336 g/mol. The summed E-state index contributed by atoms with van der Waals surface area (Å²) in [5.41, 5.74) is 1.80. The summed E-state index contributed by atoms with van der Waals surface area (Å²) in [7, 11) is 0. The van der Waals surface area contributed by atoms with Crippen molar-refractivity contribution in [3.63, 3.8) is 0 Å². The van der Waals surface area contributed by atoms with E-state index in [4.69, 9.17) is 0 Å². The van der Waals surface area contributed by atoms with Gasteiger partial charge in [0.15, 0.2) is 0 Å². The summed E-state index contributed by atoms with van der Waals surface area (Å²) < 4.78 is 1.98. The Kier molecular flexibility index (Phi) is 5.35. The highest BCUT2D eigenvalue weighted by atomic mass is 79.9. The first-order chi connectivity index (χ1) is 9.72. The molecule has 4 nitrogen and oxygen atoms in total. The molecule has 0 saturated heterocycles. The molecule has 1 N–H and O–H groups in total. The van der Waals surface area contributed by atoms with Crippen LogP contribution in [0, 0.1) is 0 Å². The number of halogens is 1. The van der Waals surface area contributed by atoms with E-state index in [-0.39, 0.29) is 11.9 Å². The molecule has 0 bridgehead atoms. The highest BCUT2D eigenvalue weighted by Gasteiger charge is 2.12. The molecule has 1 unspecified atom stereocenters. The van der Waals surface area contributed by atoms with Crippen LogP contribution in [0.5, 0.6) is 0 Å². The predicted molar refractivity (Wildman–Crippen MR) is 82.8 cm³/mol. The summed E-state index contributed by atoms with van der Waals surface area (Å²) in [6.07, 6.45) is 6.29. The lowest BCUT2D eigenvalue weighted by atomic mass is 10.1. The summed E-state index contributed by atoms with van der Waals surface area (Å²) in [5, 5.41) is 3.82. The van der Waals surface area contributed by atoms with Gasteiger partial charge in [-0.05, 0) is 24.1 Å². The molecule has 2 rings (SSSR count). The molecular weight excluding hydrogens is 318 g/mol. The van der Waals surface area contributed by atoms with Gasteiger partial charge in [-0.25, -0.2) is 4.98 Å². The van der Waals surface area contributed by atoms with Crippen molar-refractivity contribution in [2.75, 3.05) is 0 Å². The van der Waals surface area contributed by atoms with E-state index in [1.54, 1.807) is 12.5 Å². The van der Waals surface area contributed by atoms with Crippen LogP contribution in [0.3, 0.4) is 0 Å². The van der Waals surface area contributed by atoms with Gasteiger partial charge in [0.1, 0.15) is 0 Å². The van der Waals surface area contributed by atoms with Crippen LogP contribution >= 0.6 is 15.9 Å². The number of nitrogens with zero attached hydrogens (tertiary/aromatic N) is 2. The standard InChI is InChI=1S/C15H18BrN3O/c1-2-14(10-19-7-6-17-11-19)18-15(20)13-5-3-4-12(8-13)9-16/h3-8,11,14H,2,9-10H2,1H3,(H,18,20). The van der Waals surface area contributed by atoms with Crippen LogP contribution in [0.25, 0.3) is 0 Å². The highest BCUT2D eigenvalue weighted by molar-refractivity contribution is 9.08. The Morgan fingerprint density at radius 1 is 1.50 bits per heavy atom. The molecule has 0 spiro atoms. The topological polar surface area (TPSA) is 46.9 Å². The number of hydrogen-bond donors (Lipinski definition) is 1. The second-order valence-electron chi connectivity index (χ2n) is 4.67. The maximum atomic E-state index is 12.3. The Morgan fingerprint density at radius 3 is 3.00 bits per heavy atom. The van der Waals surface area contributed by atoms with Gasteiger partial charge < -0.3 is 9.88 Å². The van der Waals surface area contributed by atoms with E-state index in [2.05, 4.69) is 33.2 Å². The number of aromatic nitrogens is 2. The maximum absolute atomic E-state index is 12.3. The Morgan fingerprint density at radius 2 is 2.35 bits per heavy atom. The van der Waals surface area contributed by atoms with E-state index in [9.17, 15) is 4.79 Å². The SMILES string of the molecule is CCC(Cn1ccnc1)NC(=O)c1cccc(CBr)c1. The first kappa shape index (κ1) is 14.8. The molecule has 20 heavy (non-hydrogen) atoms. The molecule has 106 valence electrons. The van der Waals surface area contributed by atoms with Gasteiger partial charge in [-0.2, -0.15) is 0 Å². The molecule has 0 aliphatic heterocycles. The number of carbonyl (C=O) groups is 1. The van der Waals surface area contributed by atoms with Crippen LogP contribution in [0.4, 0.5) is 0 Å².